The normalized spacial score (nSPS) is 23.6. The van der Waals surface area contributed by atoms with Crippen LogP contribution < -0.4 is 5.73 Å². The van der Waals surface area contributed by atoms with Gasteiger partial charge in [0, 0.05) is 19.2 Å². The Labute approximate surface area is 272 Å². The summed E-state index contributed by atoms with van der Waals surface area (Å²) in [4.78, 5) is 37.0. The molecule has 3 saturated carbocycles. The standard InChI is InChI=1S/C13H19NO4.C8H14O2.C7H12O.C6H6N4/c1-16-11-8-17-10(7-14)12(11)18-13(15)9-5-3-2-4-6-9;1-10-8(9)7-5-3-2-4-6-7;8-6-7-4-2-1-3-5-7;7-6-5-2-1-3-10(5)9-4-8-6/h9-12H,2-6,8H2,1H3;7H,2-6H2,1H3;6-7H,1-5H2;1-4H,(H2,7,8,9). The number of esters is 2. The number of aldehydes is 1. The number of methoxy groups -OCH3 is 2. The maximum atomic E-state index is 12.0. The minimum absolute atomic E-state index is 0.0142. The summed E-state index contributed by atoms with van der Waals surface area (Å²) < 4.78 is 22.2. The molecule has 0 amide bonds. The number of carbonyl (C=O) groups excluding carboxylic acids is 3. The van der Waals surface area contributed by atoms with Gasteiger partial charge < -0.3 is 29.5 Å². The van der Waals surface area contributed by atoms with Crippen molar-refractivity contribution in [3.8, 4) is 6.07 Å². The number of hydrogen-bond acceptors (Lipinski definition) is 11. The van der Waals surface area contributed by atoms with Crippen molar-refractivity contribution in [1.29, 1.82) is 5.26 Å². The van der Waals surface area contributed by atoms with Crippen molar-refractivity contribution >= 4 is 29.6 Å². The van der Waals surface area contributed by atoms with Crippen LogP contribution in [0.15, 0.2) is 24.7 Å². The van der Waals surface area contributed by atoms with Crippen LogP contribution in [0.4, 0.5) is 5.82 Å². The lowest BCUT2D eigenvalue weighted by Gasteiger charge is -2.24. The van der Waals surface area contributed by atoms with Crippen molar-refractivity contribution < 1.29 is 33.3 Å². The number of hydrogen-bond donors (Lipinski definition) is 1. The van der Waals surface area contributed by atoms with Gasteiger partial charge in [-0.25, -0.2) is 9.50 Å². The van der Waals surface area contributed by atoms with Crippen molar-refractivity contribution in [1.82, 2.24) is 14.6 Å². The Kier molecular flexibility index (Phi) is 16.5. The zero-order valence-corrected chi connectivity index (χ0v) is 27.4. The highest BCUT2D eigenvalue weighted by Crippen LogP contribution is 2.28. The van der Waals surface area contributed by atoms with Gasteiger partial charge in [-0.15, -0.1) is 0 Å². The summed E-state index contributed by atoms with van der Waals surface area (Å²) in [5.41, 5.74) is 6.38. The summed E-state index contributed by atoms with van der Waals surface area (Å²) in [5.74, 6) is 0.894. The van der Waals surface area contributed by atoms with Gasteiger partial charge in [0.1, 0.15) is 24.2 Å². The fourth-order valence-electron chi connectivity index (χ4n) is 6.26. The van der Waals surface area contributed by atoms with Crippen molar-refractivity contribution in [2.75, 3.05) is 26.6 Å². The Balaban J connectivity index is 0.000000177. The van der Waals surface area contributed by atoms with E-state index < -0.39 is 12.2 Å². The third-order valence-electron chi connectivity index (χ3n) is 9.07. The smallest absolute Gasteiger partial charge is 0.309 e. The van der Waals surface area contributed by atoms with E-state index in [-0.39, 0.29) is 29.9 Å². The molecule has 46 heavy (non-hydrogen) atoms. The number of fused-ring (bicyclic) bond motifs is 1. The summed E-state index contributed by atoms with van der Waals surface area (Å²) >= 11 is 0. The Bertz CT molecular complexity index is 1230. The average molecular weight is 642 g/mol. The molecule has 1 saturated heterocycles. The van der Waals surface area contributed by atoms with Crippen LogP contribution in [0, 0.1) is 29.1 Å². The number of nitriles is 1. The third kappa shape index (κ3) is 11.7. The van der Waals surface area contributed by atoms with E-state index in [9.17, 15) is 14.4 Å². The van der Waals surface area contributed by atoms with Crippen LogP contribution >= 0.6 is 0 Å². The Morgan fingerprint density at radius 3 is 2.04 bits per heavy atom. The number of nitrogens with two attached hydrogens (primary N) is 1. The van der Waals surface area contributed by atoms with E-state index in [1.807, 2.05) is 24.4 Å². The van der Waals surface area contributed by atoms with Crippen LogP contribution in [0.5, 0.6) is 0 Å². The second kappa shape index (κ2) is 20.5. The number of anilines is 1. The van der Waals surface area contributed by atoms with Crippen molar-refractivity contribution in [3.05, 3.63) is 24.7 Å². The molecule has 3 aliphatic carbocycles. The van der Waals surface area contributed by atoms with Crippen molar-refractivity contribution in [2.24, 2.45) is 17.8 Å². The lowest BCUT2D eigenvalue weighted by Crippen LogP contribution is -2.37. The molecular weight excluding hydrogens is 590 g/mol. The molecule has 4 fully saturated rings. The van der Waals surface area contributed by atoms with Crippen LogP contribution in [0.25, 0.3) is 5.52 Å². The quantitative estimate of drug-likeness (QED) is 0.335. The zero-order chi connectivity index (χ0) is 33.1. The topological polar surface area (TPSA) is 168 Å². The molecule has 2 aromatic rings. The predicted molar refractivity (Wildman–Crippen MR) is 171 cm³/mol. The molecule has 0 radical (unpaired) electrons. The molecule has 1 aliphatic heterocycles. The van der Waals surface area contributed by atoms with Crippen LogP contribution in [0.2, 0.25) is 0 Å². The fraction of sp³-hybridized carbons (Fsp3) is 0.706. The summed E-state index contributed by atoms with van der Waals surface area (Å²) in [6, 6.07) is 5.75. The maximum Gasteiger partial charge on any atom is 0.309 e. The zero-order valence-electron chi connectivity index (χ0n) is 27.4. The van der Waals surface area contributed by atoms with Gasteiger partial charge in [-0.1, -0.05) is 57.8 Å². The second-order valence-corrected chi connectivity index (χ2v) is 12.3. The van der Waals surface area contributed by atoms with Crippen LogP contribution in [0.3, 0.4) is 0 Å². The maximum absolute atomic E-state index is 12.0. The Hall–Kier alpha value is -3.56. The molecule has 0 aromatic carbocycles. The molecule has 2 N–H and O–H groups in total. The van der Waals surface area contributed by atoms with Gasteiger partial charge >= 0.3 is 11.9 Å². The Morgan fingerprint density at radius 1 is 0.957 bits per heavy atom. The van der Waals surface area contributed by atoms with Crippen LogP contribution in [-0.4, -0.2) is 72.0 Å². The minimum Gasteiger partial charge on any atom is -0.469 e. The van der Waals surface area contributed by atoms with Crippen molar-refractivity contribution in [2.45, 2.75) is 115 Å². The number of carbonyl (C=O) groups is 3. The highest BCUT2D eigenvalue weighted by molar-refractivity contribution is 5.73. The van der Waals surface area contributed by atoms with Gasteiger partial charge in [-0.3, -0.25) is 9.59 Å². The number of rotatable bonds is 5. The van der Waals surface area contributed by atoms with Gasteiger partial charge in [-0.2, -0.15) is 10.4 Å². The number of nitrogen functional groups attached to an aromatic ring is 1. The third-order valence-corrected chi connectivity index (χ3v) is 9.07. The number of aromatic nitrogens is 3. The van der Waals surface area contributed by atoms with Crippen LogP contribution in [-0.2, 0) is 33.3 Å². The first-order valence-corrected chi connectivity index (χ1v) is 16.7. The summed E-state index contributed by atoms with van der Waals surface area (Å²) in [6.45, 7) is 0.303. The largest absolute Gasteiger partial charge is 0.469 e. The van der Waals surface area contributed by atoms with E-state index in [0.29, 0.717) is 18.3 Å². The molecule has 12 heteroatoms. The highest BCUT2D eigenvalue weighted by atomic mass is 16.6. The second-order valence-electron chi connectivity index (χ2n) is 12.3. The SMILES string of the molecule is COC(=O)C1CCCCC1.COC1COC(C#N)C1OC(=O)C1CCCCC1.Nc1ncnn2cccc12.O=CC1CCCCC1. The van der Waals surface area contributed by atoms with E-state index in [1.54, 1.807) is 4.52 Å². The first kappa shape index (κ1) is 36.9. The molecule has 3 heterocycles. The molecule has 3 atom stereocenters. The molecule has 3 unspecified atom stereocenters. The van der Waals surface area contributed by atoms with Crippen molar-refractivity contribution in [3.63, 3.8) is 0 Å². The lowest BCUT2D eigenvalue weighted by atomic mass is 9.89. The van der Waals surface area contributed by atoms with E-state index in [1.165, 1.54) is 65.5 Å². The summed E-state index contributed by atoms with van der Waals surface area (Å²) in [6.07, 6.45) is 19.8. The highest BCUT2D eigenvalue weighted by Gasteiger charge is 2.41. The first-order valence-electron chi connectivity index (χ1n) is 16.7. The van der Waals surface area contributed by atoms with Gasteiger partial charge in [0.25, 0.3) is 0 Å². The number of ether oxygens (including phenoxy) is 4. The molecule has 6 rings (SSSR count). The molecule has 12 nitrogen and oxygen atoms in total. The Morgan fingerprint density at radius 2 is 1.54 bits per heavy atom. The van der Waals surface area contributed by atoms with E-state index in [2.05, 4.69) is 14.8 Å². The predicted octanol–water partition coefficient (Wildman–Crippen LogP) is 5.23. The van der Waals surface area contributed by atoms with E-state index in [4.69, 9.17) is 25.2 Å². The monoisotopic (exact) mass is 641 g/mol. The van der Waals surface area contributed by atoms with Gasteiger partial charge in [0.2, 0.25) is 0 Å². The minimum atomic E-state index is -0.706. The molecule has 254 valence electrons. The van der Waals surface area contributed by atoms with Gasteiger partial charge in [-0.05, 0) is 50.7 Å². The fourth-order valence-corrected chi connectivity index (χ4v) is 6.26. The molecular formula is C34H51N5O7. The lowest BCUT2D eigenvalue weighted by molar-refractivity contribution is -0.161. The summed E-state index contributed by atoms with van der Waals surface area (Å²) in [7, 11) is 3.01. The molecule has 4 aliphatic rings. The molecule has 0 spiro atoms. The van der Waals surface area contributed by atoms with Gasteiger partial charge in [0.05, 0.1) is 31.6 Å². The molecule has 0 bridgehead atoms. The summed E-state index contributed by atoms with van der Waals surface area (Å²) in [5, 5.41) is 12.9. The average Bonchev–Trinajstić information content (AvgIpc) is 3.77. The van der Waals surface area contributed by atoms with E-state index in [0.717, 1.165) is 63.2 Å². The number of nitrogens with zero attached hydrogens (tertiary/aromatic N) is 4. The van der Waals surface area contributed by atoms with E-state index >= 15 is 0 Å². The first-order chi connectivity index (χ1) is 22.4. The van der Waals surface area contributed by atoms with Gasteiger partial charge in [0.15, 0.2) is 18.0 Å². The molecule has 2 aromatic heterocycles. The van der Waals surface area contributed by atoms with Crippen LogP contribution in [0.1, 0.15) is 96.3 Å².